The Bertz CT molecular complexity index is 644. The smallest absolute Gasteiger partial charge is 0.163 e. The third-order valence-electron chi connectivity index (χ3n) is 3.65. The zero-order valence-corrected chi connectivity index (χ0v) is 13.6. The molecule has 1 atom stereocenters. The number of nitrogens with zero attached hydrogens (tertiary/aromatic N) is 2. The molecule has 110 valence electrons. The molecule has 0 bridgehead atoms. The van der Waals surface area contributed by atoms with E-state index in [1.807, 2.05) is 19.1 Å². The van der Waals surface area contributed by atoms with Crippen LogP contribution in [0.25, 0.3) is 11.1 Å². The summed E-state index contributed by atoms with van der Waals surface area (Å²) in [5.41, 5.74) is 0.935. The fraction of sp³-hybridized carbons (Fsp3) is 0.333. The normalized spacial score (nSPS) is 21.7. The summed E-state index contributed by atoms with van der Waals surface area (Å²) in [7, 11) is 0. The van der Waals surface area contributed by atoms with Crippen molar-refractivity contribution in [2.45, 2.75) is 25.4 Å². The van der Waals surface area contributed by atoms with Gasteiger partial charge in [0.2, 0.25) is 0 Å². The molecule has 3 nitrogen and oxygen atoms in total. The standard InChI is InChI=1S/C15H13Cl3N2O/c1-15(7-2-8-21-15)14-19-12(17)11(13(18)20-14)9-3-5-10(16)6-4-9/h3-6H,2,7-8H2,1H3. The largest absolute Gasteiger partial charge is 0.367 e. The van der Waals surface area contributed by atoms with E-state index in [4.69, 9.17) is 39.5 Å². The van der Waals surface area contributed by atoms with E-state index in [0.29, 0.717) is 33.3 Å². The van der Waals surface area contributed by atoms with Crippen LogP contribution in [0.3, 0.4) is 0 Å². The number of ether oxygens (including phenoxy) is 1. The van der Waals surface area contributed by atoms with Crippen molar-refractivity contribution < 1.29 is 4.74 Å². The maximum absolute atomic E-state index is 6.33. The van der Waals surface area contributed by atoms with Gasteiger partial charge in [0.05, 0.1) is 5.56 Å². The SMILES string of the molecule is CC1(c2nc(Cl)c(-c3ccc(Cl)cc3)c(Cl)n2)CCCO1. The van der Waals surface area contributed by atoms with Crippen LogP contribution >= 0.6 is 34.8 Å². The van der Waals surface area contributed by atoms with Gasteiger partial charge in [-0.05, 0) is 37.5 Å². The first kappa shape index (κ1) is 15.0. The monoisotopic (exact) mass is 342 g/mol. The Morgan fingerprint density at radius 2 is 1.67 bits per heavy atom. The van der Waals surface area contributed by atoms with Gasteiger partial charge in [0.15, 0.2) is 5.82 Å². The van der Waals surface area contributed by atoms with Crippen LogP contribution in [0.1, 0.15) is 25.6 Å². The molecule has 0 saturated carbocycles. The molecule has 1 unspecified atom stereocenters. The van der Waals surface area contributed by atoms with Crippen LogP contribution in [0, 0.1) is 0 Å². The van der Waals surface area contributed by atoms with Crippen molar-refractivity contribution in [3.63, 3.8) is 0 Å². The van der Waals surface area contributed by atoms with Crippen molar-refractivity contribution in [3.05, 3.63) is 45.4 Å². The number of aromatic nitrogens is 2. The Labute approximate surface area is 138 Å². The highest BCUT2D eigenvalue weighted by Crippen LogP contribution is 2.38. The van der Waals surface area contributed by atoms with Gasteiger partial charge in [-0.25, -0.2) is 9.97 Å². The van der Waals surface area contributed by atoms with Gasteiger partial charge in [0.25, 0.3) is 0 Å². The number of benzene rings is 1. The maximum Gasteiger partial charge on any atom is 0.163 e. The minimum atomic E-state index is -0.508. The molecule has 1 aliphatic heterocycles. The molecule has 1 aromatic heterocycles. The summed E-state index contributed by atoms with van der Waals surface area (Å²) in [4.78, 5) is 8.80. The first-order valence-electron chi connectivity index (χ1n) is 6.63. The minimum Gasteiger partial charge on any atom is -0.367 e. The fourth-order valence-corrected chi connectivity index (χ4v) is 3.19. The Balaban J connectivity index is 2.06. The lowest BCUT2D eigenvalue weighted by Gasteiger charge is -2.22. The molecular formula is C15H13Cl3N2O. The predicted molar refractivity (Wildman–Crippen MR) is 85.0 cm³/mol. The predicted octanol–water partition coefficient (Wildman–Crippen LogP) is 5.13. The van der Waals surface area contributed by atoms with Crippen LogP contribution in [0.5, 0.6) is 0 Å². The van der Waals surface area contributed by atoms with E-state index in [2.05, 4.69) is 9.97 Å². The van der Waals surface area contributed by atoms with E-state index in [9.17, 15) is 0 Å². The first-order chi connectivity index (χ1) is 9.99. The van der Waals surface area contributed by atoms with E-state index in [0.717, 1.165) is 18.4 Å². The second-order valence-electron chi connectivity index (χ2n) is 5.19. The number of rotatable bonds is 2. The van der Waals surface area contributed by atoms with Crippen LogP contribution in [0.2, 0.25) is 15.3 Å². The summed E-state index contributed by atoms with van der Waals surface area (Å²) in [6.45, 7) is 2.66. The lowest BCUT2D eigenvalue weighted by molar-refractivity contribution is 0.00937. The fourth-order valence-electron chi connectivity index (χ4n) is 2.45. The van der Waals surface area contributed by atoms with Gasteiger partial charge in [-0.15, -0.1) is 0 Å². The summed E-state index contributed by atoms with van der Waals surface area (Å²) in [6.07, 6.45) is 1.84. The molecule has 21 heavy (non-hydrogen) atoms. The summed E-state index contributed by atoms with van der Waals surface area (Å²) < 4.78 is 5.74. The first-order valence-corrected chi connectivity index (χ1v) is 7.76. The van der Waals surface area contributed by atoms with E-state index in [1.165, 1.54) is 0 Å². The van der Waals surface area contributed by atoms with Gasteiger partial charge in [0, 0.05) is 11.6 Å². The third-order valence-corrected chi connectivity index (χ3v) is 4.44. The molecule has 0 N–H and O–H groups in total. The van der Waals surface area contributed by atoms with Gasteiger partial charge in [0.1, 0.15) is 15.9 Å². The van der Waals surface area contributed by atoms with E-state index in [1.54, 1.807) is 12.1 Å². The molecule has 0 radical (unpaired) electrons. The zero-order valence-electron chi connectivity index (χ0n) is 11.4. The summed E-state index contributed by atoms with van der Waals surface area (Å²) >= 11 is 18.5. The van der Waals surface area contributed by atoms with Crippen molar-refractivity contribution >= 4 is 34.8 Å². The molecule has 1 fully saturated rings. The second-order valence-corrected chi connectivity index (χ2v) is 6.35. The molecule has 1 aliphatic rings. The lowest BCUT2D eigenvalue weighted by atomic mass is 10.0. The highest BCUT2D eigenvalue weighted by molar-refractivity contribution is 6.37. The second kappa shape index (κ2) is 5.73. The molecule has 3 rings (SSSR count). The molecule has 2 heterocycles. The highest BCUT2D eigenvalue weighted by Gasteiger charge is 2.35. The molecule has 0 amide bonds. The highest BCUT2D eigenvalue weighted by atomic mass is 35.5. The van der Waals surface area contributed by atoms with Crippen molar-refractivity contribution in [2.75, 3.05) is 6.61 Å². The maximum atomic E-state index is 6.33. The van der Waals surface area contributed by atoms with Gasteiger partial charge in [-0.2, -0.15) is 0 Å². The van der Waals surface area contributed by atoms with Gasteiger partial charge >= 0.3 is 0 Å². The van der Waals surface area contributed by atoms with E-state index < -0.39 is 5.60 Å². The number of hydrogen-bond acceptors (Lipinski definition) is 3. The molecular weight excluding hydrogens is 331 g/mol. The Hall–Kier alpha value is -0.870. The number of halogens is 3. The van der Waals surface area contributed by atoms with Crippen molar-refractivity contribution in [1.82, 2.24) is 9.97 Å². The van der Waals surface area contributed by atoms with Crippen LogP contribution in [0.4, 0.5) is 0 Å². The summed E-state index contributed by atoms with van der Waals surface area (Å²) in [5.74, 6) is 0.535. The summed E-state index contributed by atoms with van der Waals surface area (Å²) in [5, 5.41) is 1.29. The quantitative estimate of drug-likeness (QED) is 0.709. The summed E-state index contributed by atoms with van der Waals surface area (Å²) in [6, 6.07) is 7.23. The van der Waals surface area contributed by atoms with Crippen molar-refractivity contribution in [1.29, 1.82) is 0 Å². The van der Waals surface area contributed by atoms with Crippen molar-refractivity contribution in [2.24, 2.45) is 0 Å². The zero-order chi connectivity index (χ0) is 15.0. The molecule has 0 spiro atoms. The lowest BCUT2D eigenvalue weighted by Crippen LogP contribution is -2.23. The Morgan fingerprint density at radius 1 is 1.05 bits per heavy atom. The van der Waals surface area contributed by atoms with Crippen LogP contribution < -0.4 is 0 Å². The van der Waals surface area contributed by atoms with E-state index >= 15 is 0 Å². The van der Waals surface area contributed by atoms with Gasteiger partial charge in [-0.3, -0.25) is 0 Å². The van der Waals surface area contributed by atoms with Crippen LogP contribution in [-0.2, 0) is 10.3 Å². The average molecular weight is 344 g/mol. The molecule has 1 aromatic carbocycles. The Morgan fingerprint density at radius 3 is 2.19 bits per heavy atom. The Kier molecular flexibility index (Phi) is 4.10. The topological polar surface area (TPSA) is 35.0 Å². The molecule has 2 aromatic rings. The van der Waals surface area contributed by atoms with Crippen molar-refractivity contribution in [3.8, 4) is 11.1 Å². The van der Waals surface area contributed by atoms with Crippen LogP contribution in [-0.4, -0.2) is 16.6 Å². The van der Waals surface area contributed by atoms with Gasteiger partial charge in [-0.1, -0.05) is 46.9 Å². The molecule has 0 aliphatic carbocycles. The molecule has 6 heteroatoms. The average Bonchev–Trinajstić information content (AvgIpc) is 2.88. The van der Waals surface area contributed by atoms with Crippen LogP contribution in [0.15, 0.2) is 24.3 Å². The van der Waals surface area contributed by atoms with Gasteiger partial charge < -0.3 is 4.74 Å². The minimum absolute atomic E-state index is 0.323. The molecule has 1 saturated heterocycles. The number of hydrogen-bond donors (Lipinski definition) is 0. The van der Waals surface area contributed by atoms with E-state index in [-0.39, 0.29) is 0 Å². The third kappa shape index (κ3) is 2.88.